The Kier molecular flexibility index (Phi) is 4.37. The second-order valence-corrected chi connectivity index (χ2v) is 4.48. The third kappa shape index (κ3) is 3.90. The number of halogens is 1. The van der Waals surface area contributed by atoms with Gasteiger partial charge < -0.3 is 4.84 Å². The molecule has 0 saturated heterocycles. The van der Waals surface area contributed by atoms with Gasteiger partial charge in [0.1, 0.15) is 6.61 Å². The van der Waals surface area contributed by atoms with Crippen molar-refractivity contribution in [2.45, 2.75) is 13.5 Å². The molecule has 0 aliphatic rings. The first-order valence-corrected chi connectivity index (χ1v) is 6.08. The van der Waals surface area contributed by atoms with Crippen molar-refractivity contribution < 1.29 is 4.84 Å². The van der Waals surface area contributed by atoms with Crippen molar-refractivity contribution in [2.24, 2.45) is 5.16 Å². The van der Waals surface area contributed by atoms with E-state index in [0.717, 1.165) is 11.1 Å². The molecule has 0 atom stereocenters. The van der Waals surface area contributed by atoms with Gasteiger partial charge in [-0.05, 0) is 30.2 Å². The minimum Gasteiger partial charge on any atom is -0.391 e. The molecule has 2 rings (SSSR count). The SMILES string of the molecule is Cc1ccc(C=NOCc2cccc(Cl)c2)cc1. The first-order valence-electron chi connectivity index (χ1n) is 5.70. The summed E-state index contributed by atoms with van der Waals surface area (Å²) in [5.41, 5.74) is 3.25. The molecule has 2 aromatic carbocycles. The summed E-state index contributed by atoms with van der Waals surface area (Å²) in [6.45, 7) is 2.47. The van der Waals surface area contributed by atoms with E-state index in [2.05, 4.69) is 12.1 Å². The summed E-state index contributed by atoms with van der Waals surface area (Å²) in [7, 11) is 0. The van der Waals surface area contributed by atoms with Crippen LogP contribution in [0.2, 0.25) is 5.02 Å². The Balaban J connectivity index is 1.87. The zero-order valence-corrected chi connectivity index (χ0v) is 10.9. The van der Waals surface area contributed by atoms with Crippen LogP contribution in [0, 0.1) is 6.92 Å². The molecule has 3 heteroatoms. The third-order valence-corrected chi connectivity index (χ3v) is 2.71. The van der Waals surface area contributed by atoms with Crippen molar-refractivity contribution in [3.8, 4) is 0 Å². The van der Waals surface area contributed by atoms with Crippen LogP contribution < -0.4 is 0 Å². The molecule has 0 fully saturated rings. The van der Waals surface area contributed by atoms with E-state index in [1.807, 2.05) is 48.5 Å². The Morgan fingerprint density at radius 1 is 1.17 bits per heavy atom. The quantitative estimate of drug-likeness (QED) is 0.596. The fraction of sp³-hybridized carbons (Fsp3) is 0.133. The molecule has 0 radical (unpaired) electrons. The maximum Gasteiger partial charge on any atom is 0.142 e. The predicted octanol–water partition coefficient (Wildman–Crippen LogP) is 4.20. The smallest absolute Gasteiger partial charge is 0.142 e. The molecule has 0 aliphatic carbocycles. The topological polar surface area (TPSA) is 21.6 Å². The Hall–Kier alpha value is -1.80. The fourth-order valence-corrected chi connectivity index (χ4v) is 1.70. The van der Waals surface area contributed by atoms with E-state index >= 15 is 0 Å². The Morgan fingerprint density at radius 3 is 2.67 bits per heavy atom. The lowest BCUT2D eigenvalue weighted by Gasteiger charge is -2.00. The van der Waals surface area contributed by atoms with E-state index < -0.39 is 0 Å². The molecule has 0 spiro atoms. The molecule has 0 N–H and O–H groups in total. The fourth-order valence-electron chi connectivity index (χ4n) is 1.49. The summed E-state index contributed by atoms with van der Waals surface area (Å²) in [6.07, 6.45) is 1.70. The summed E-state index contributed by atoms with van der Waals surface area (Å²) >= 11 is 5.87. The Bertz CT molecular complexity index is 534. The molecule has 0 amide bonds. The molecule has 2 nitrogen and oxygen atoms in total. The molecule has 92 valence electrons. The van der Waals surface area contributed by atoms with Gasteiger partial charge in [-0.3, -0.25) is 0 Å². The summed E-state index contributed by atoms with van der Waals surface area (Å²) < 4.78 is 0. The van der Waals surface area contributed by atoms with E-state index in [9.17, 15) is 0 Å². The maximum absolute atomic E-state index is 5.87. The van der Waals surface area contributed by atoms with Crippen LogP contribution in [0.3, 0.4) is 0 Å². The average Bonchev–Trinajstić information content (AvgIpc) is 2.37. The minimum absolute atomic E-state index is 0.420. The van der Waals surface area contributed by atoms with Gasteiger partial charge in [-0.1, -0.05) is 58.7 Å². The van der Waals surface area contributed by atoms with Crippen LogP contribution in [0.1, 0.15) is 16.7 Å². The highest BCUT2D eigenvalue weighted by atomic mass is 35.5. The van der Waals surface area contributed by atoms with Gasteiger partial charge in [-0.15, -0.1) is 0 Å². The van der Waals surface area contributed by atoms with Crippen LogP contribution >= 0.6 is 11.6 Å². The number of hydrogen-bond donors (Lipinski definition) is 0. The van der Waals surface area contributed by atoms with Crippen molar-refractivity contribution in [2.75, 3.05) is 0 Å². The number of benzene rings is 2. The number of hydrogen-bond acceptors (Lipinski definition) is 2. The summed E-state index contributed by atoms with van der Waals surface area (Å²) in [5.74, 6) is 0. The van der Waals surface area contributed by atoms with Crippen LogP contribution in [0.15, 0.2) is 53.7 Å². The maximum atomic E-state index is 5.87. The highest BCUT2D eigenvalue weighted by Crippen LogP contribution is 2.11. The Labute approximate surface area is 112 Å². The molecule has 18 heavy (non-hydrogen) atoms. The van der Waals surface area contributed by atoms with E-state index in [0.29, 0.717) is 11.6 Å². The van der Waals surface area contributed by atoms with Gasteiger partial charge in [0.2, 0.25) is 0 Å². The van der Waals surface area contributed by atoms with Crippen LogP contribution in [-0.2, 0) is 11.4 Å². The summed E-state index contributed by atoms with van der Waals surface area (Å²) in [6, 6.07) is 15.6. The van der Waals surface area contributed by atoms with Crippen LogP contribution in [0.5, 0.6) is 0 Å². The minimum atomic E-state index is 0.420. The first kappa shape index (κ1) is 12.7. The lowest BCUT2D eigenvalue weighted by Crippen LogP contribution is -1.88. The molecule has 0 aromatic heterocycles. The van der Waals surface area contributed by atoms with Crippen LogP contribution in [0.4, 0.5) is 0 Å². The van der Waals surface area contributed by atoms with Gasteiger partial charge in [0.05, 0.1) is 6.21 Å². The zero-order chi connectivity index (χ0) is 12.8. The van der Waals surface area contributed by atoms with Gasteiger partial charge in [0.25, 0.3) is 0 Å². The second-order valence-electron chi connectivity index (χ2n) is 4.05. The third-order valence-electron chi connectivity index (χ3n) is 2.47. The summed E-state index contributed by atoms with van der Waals surface area (Å²) in [5, 5.41) is 4.64. The summed E-state index contributed by atoms with van der Waals surface area (Å²) in [4.78, 5) is 5.22. The van der Waals surface area contributed by atoms with Gasteiger partial charge in [0.15, 0.2) is 0 Å². The lowest BCUT2D eigenvalue weighted by atomic mass is 10.2. The van der Waals surface area contributed by atoms with E-state index in [1.54, 1.807) is 6.21 Å². The van der Waals surface area contributed by atoms with E-state index in [1.165, 1.54) is 5.56 Å². The van der Waals surface area contributed by atoms with Crippen LogP contribution in [0.25, 0.3) is 0 Å². The van der Waals surface area contributed by atoms with Gasteiger partial charge in [-0.2, -0.15) is 0 Å². The highest BCUT2D eigenvalue weighted by Gasteiger charge is 1.93. The zero-order valence-electron chi connectivity index (χ0n) is 10.1. The largest absolute Gasteiger partial charge is 0.391 e. The number of rotatable bonds is 4. The number of oxime groups is 1. The van der Waals surface area contributed by atoms with E-state index in [4.69, 9.17) is 16.4 Å². The molecule has 0 bridgehead atoms. The predicted molar refractivity (Wildman–Crippen MR) is 75.0 cm³/mol. The molecular formula is C15H14ClNO. The van der Waals surface area contributed by atoms with Crippen molar-refractivity contribution >= 4 is 17.8 Å². The van der Waals surface area contributed by atoms with Crippen molar-refractivity contribution in [1.29, 1.82) is 0 Å². The molecule has 0 aliphatic heterocycles. The monoisotopic (exact) mass is 259 g/mol. The molecular weight excluding hydrogens is 246 g/mol. The lowest BCUT2D eigenvalue weighted by molar-refractivity contribution is 0.132. The molecule has 0 heterocycles. The standard InChI is InChI=1S/C15H14ClNO/c1-12-5-7-13(8-6-12)10-17-18-11-14-3-2-4-15(16)9-14/h2-10H,11H2,1H3. The molecule has 2 aromatic rings. The van der Waals surface area contributed by atoms with Crippen LogP contribution in [-0.4, -0.2) is 6.21 Å². The van der Waals surface area contributed by atoms with Gasteiger partial charge in [-0.25, -0.2) is 0 Å². The number of aryl methyl sites for hydroxylation is 1. The van der Waals surface area contributed by atoms with Gasteiger partial charge in [0, 0.05) is 5.02 Å². The number of nitrogens with zero attached hydrogens (tertiary/aromatic N) is 1. The molecule has 0 unspecified atom stereocenters. The Morgan fingerprint density at radius 2 is 1.94 bits per heavy atom. The normalized spacial score (nSPS) is 10.8. The average molecular weight is 260 g/mol. The van der Waals surface area contributed by atoms with E-state index in [-0.39, 0.29) is 0 Å². The van der Waals surface area contributed by atoms with Crippen molar-refractivity contribution in [3.05, 3.63) is 70.2 Å². The van der Waals surface area contributed by atoms with Crippen molar-refractivity contribution in [3.63, 3.8) is 0 Å². The van der Waals surface area contributed by atoms with Gasteiger partial charge >= 0.3 is 0 Å². The molecule has 0 saturated carbocycles. The highest BCUT2D eigenvalue weighted by molar-refractivity contribution is 6.30. The van der Waals surface area contributed by atoms with Crippen molar-refractivity contribution in [1.82, 2.24) is 0 Å². The second kappa shape index (κ2) is 6.22. The first-order chi connectivity index (χ1) is 8.74.